The van der Waals surface area contributed by atoms with E-state index in [4.69, 9.17) is 4.74 Å². The van der Waals surface area contributed by atoms with Crippen molar-refractivity contribution in [3.8, 4) is 5.75 Å². The minimum absolute atomic E-state index is 0.00571. The van der Waals surface area contributed by atoms with Gasteiger partial charge in [0.25, 0.3) is 0 Å². The van der Waals surface area contributed by atoms with Crippen LogP contribution in [0.1, 0.15) is 32.8 Å². The molecular weight excluding hydrogens is 254 g/mol. The lowest BCUT2D eigenvalue weighted by molar-refractivity contribution is -0.121. The number of benzene rings is 1. The maximum absolute atomic E-state index is 11.9. The summed E-state index contributed by atoms with van der Waals surface area (Å²) in [6.45, 7) is 6.40. The molecule has 4 nitrogen and oxygen atoms in total. The minimum Gasteiger partial charge on any atom is -0.497 e. The van der Waals surface area contributed by atoms with Gasteiger partial charge in [0, 0.05) is 6.54 Å². The van der Waals surface area contributed by atoms with Crippen LogP contribution in [-0.2, 0) is 11.2 Å². The number of hydrogen-bond donors (Lipinski definition) is 2. The molecule has 112 valence electrons. The summed E-state index contributed by atoms with van der Waals surface area (Å²) >= 11 is 0. The molecule has 0 aromatic heterocycles. The first kappa shape index (κ1) is 16.5. The van der Waals surface area contributed by atoms with Gasteiger partial charge in [-0.3, -0.25) is 4.79 Å². The quantitative estimate of drug-likeness (QED) is 0.804. The lowest BCUT2D eigenvalue weighted by Crippen LogP contribution is -2.36. The number of amides is 1. The van der Waals surface area contributed by atoms with Crippen LogP contribution in [0, 0.1) is 5.41 Å². The molecule has 0 radical (unpaired) electrons. The van der Waals surface area contributed by atoms with Crippen LogP contribution in [0.4, 0.5) is 0 Å². The fourth-order valence-electron chi connectivity index (χ4n) is 2.20. The van der Waals surface area contributed by atoms with Crippen LogP contribution in [0.3, 0.4) is 0 Å². The third kappa shape index (κ3) is 6.06. The SMILES string of the molecule is COc1ccc(CC(=O)NCC(C)(C)CC(C)O)cc1. The largest absolute Gasteiger partial charge is 0.497 e. The smallest absolute Gasteiger partial charge is 0.224 e. The van der Waals surface area contributed by atoms with E-state index in [2.05, 4.69) is 5.32 Å². The van der Waals surface area contributed by atoms with Crippen molar-refractivity contribution in [2.45, 2.75) is 39.7 Å². The number of carbonyl (C=O) groups excluding carboxylic acids is 1. The normalized spacial score (nSPS) is 12.8. The lowest BCUT2D eigenvalue weighted by atomic mass is 9.87. The van der Waals surface area contributed by atoms with E-state index in [-0.39, 0.29) is 17.4 Å². The van der Waals surface area contributed by atoms with Gasteiger partial charge in [-0.2, -0.15) is 0 Å². The van der Waals surface area contributed by atoms with E-state index in [0.29, 0.717) is 19.4 Å². The first-order valence-corrected chi connectivity index (χ1v) is 6.90. The number of nitrogens with one attached hydrogen (secondary N) is 1. The Morgan fingerprint density at radius 3 is 2.45 bits per heavy atom. The molecule has 1 aromatic rings. The molecule has 1 rings (SSSR count). The molecule has 0 aliphatic heterocycles. The molecule has 1 unspecified atom stereocenters. The highest BCUT2D eigenvalue weighted by molar-refractivity contribution is 5.78. The molecule has 0 fully saturated rings. The Morgan fingerprint density at radius 2 is 1.95 bits per heavy atom. The van der Waals surface area contributed by atoms with Crippen LogP contribution < -0.4 is 10.1 Å². The summed E-state index contributed by atoms with van der Waals surface area (Å²) in [5.41, 5.74) is 0.848. The van der Waals surface area contributed by atoms with Crippen molar-refractivity contribution >= 4 is 5.91 Å². The Balaban J connectivity index is 2.43. The van der Waals surface area contributed by atoms with Gasteiger partial charge in [-0.25, -0.2) is 0 Å². The Morgan fingerprint density at radius 1 is 1.35 bits per heavy atom. The van der Waals surface area contributed by atoms with Gasteiger partial charge in [0.05, 0.1) is 19.6 Å². The number of aliphatic hydroxyl groups is 1. The van der Waals surface area contributed by atoms with Gasteiger partial charge in [0.1, 0.15) is 5.75 Å². The molecule has 4 heteroatoms. The molecule has 0 heterocycles. The summed E-state index contributed by atoms with van der Waals surface area (Å²) < 4.78 is 5.08. The first-order chi connectivity index (χ1) is 9.32. The second-order valence-corrected chi connectivity index (χ2v) is 6.02. The maximum Gasteiger partial charge on any atom is 0.224 e. The molecule has 0 saturated heterocycles. The molecule has 1 amide bonds. The van der Waals surface area contributed by atoms with Gasteiger partial charge >= 0.3 is 0 Å². The van der Waals surface area contributed by atoms with Gasteiger partial charge in [-0.1, -0.05) is 26.0 Å². The van der Waals surface area contributed by atoms with Gasteiger partial charge in [-0.05, 0) is 36.5 Å². The number of hydrogen-bond acceptors (Lipinski definition) is 3. The zero-order valence-electron chi connectivity index (χ0n) is 12.8. The van der Waals surface area contributed by atoms with Crippen LogP contribution in [0.15, 0.2) is 24.3 Å². The van der Waals surface area contributed by atoms with Crippen LogP contribution in [0.2, 0.25) is 0 Å². The monoisotopic (exact) mass is 279 g/mol. The fourth-order valence-corrected chi connectivity index (χ4v) is 2.20. The van der Waals surface area contributed by atoms with Gasteiger partial charge in [0.2, 0.25) is 5.91 Å². The zero-order chi connectivity index (χ0) is 15.2. The van der Waals surface area contributed by atoms with Crippen molar-refractivity contribution in [2.75, 3.05) is 13.7 Å². The van der Waals surface area contributed by atoms with Crippen LogP contribution in [0.5, 0.6) is 5.75 Å². The van der Waals surface area contributed by atoms with E-state index < -0.39 is 0 Å². The molecule has 1 aromatic carbocycles. The Hall–Kier alpha value is -1.55. The molecule has 1 atom stereocenters. The summed E-state index contributed by atoms with van der Waals surface area (Å²) in [5.74, 6) is 0.779. The fraction of sp³-hybridized carbons (Fsp3) is 0.562. The van der Waals surface area contributed by atoms with Gasteiger partial charge in [0.15, 0.2) is 0 Å². The summed E-state index contributed by atoms with van der Waals surface area (Å²) in [6, 6.07) is 7.47. The van der Waals surface area contributed by atoms with E-state index >= 15 is 0 Å². The minimum atomic E-state index is -0.358. The molecule has 0 saturated carbocycles. The van der Waals surface area contributed by atoms with Crippen molar-refractivity contribution < 1.29 is 14.6 Å². The number of methoxy groups -OCH3 is 1. The van der Waals surface area contributed by atoms with E-state index in [0.717, 1.165) is 11.3 Å². The van der Waals surface area contributed by atoms with Crippen molar-refractivity contribution in [3.63, 3.8) is 0 Å². The summed E-state index contributed by atoms with van der Waals surface area (Å²) in [6.07, 6.45) is 0.661. The summed E-state index contributed by atoms with van der Waals surface area (Å²) in [5, 5.41) is 12.3. The van der Waals surface area contributed by atoms with E-state index in [1.54, 1.807) is 14.0 Å². The van der Waals surface area contributed by atoms with Crippen LogP contribution in [0.25, 0.3) is 0 Å². The van der Waals surface area contributed by atoms with Crippen LogP contribution >= 0.6 is 0 Å². The van der Waals surface area contributed by atoms with Crippen molar-refractivity contribution in [1.82, 2.24) is 5.32 Å². The predicted molar refractivity (Wildman–Crippen MR) is 79.8 cm³/mol. The lowest BCUT2D eigenvalue weighted by Gasteiger charge is -2.26. The molecular formula is C16H25NO3. The predicted octanol–water partition coefficient (Wildman–Crippen LogP) is 2.15. The second kappa shape index (κ2) is 7.29. The van der Waals surface area contributed by atoms with Crippen molar-refractivity contribution in [1.29, 1.82) is 0 Å². The van der Waals surface area contributed by atoms with Crippen molar-refractivity contribution in [3.05, 3.63) is 29.8 Å². The standard InChI is InChI=1S/C16H25NO3/c1-12(18)10-16(2,3)11-17-15(19)9-13-5-7-14(20-4)8-6-13/h5-8,12,18H,9-11H2,1-4H3,(H,17,19). The highest BCUT2D eigenvalue weighted by Gasteiger charge is 2.21. The van der Waals surface area contributed by atoms with Gasteiger partial charge < -0.3 is 15.2 Å². The molecule has 0 aliphatic carbocycles. The highest BCUT2D eigenvalue weighted by Crippen LogP contribution is 2.21. The van der Waals surface area contributed by atoms with E-state index in [9.17, 15) is 9.90 Å². The number of carbonyl (C=O) groups is 1. The number of aliphatic hydroxyl groups excluding tert-OH is 1. The average molecular weight is 279 g/mol. The summed E-state index contributed by atoms with van der Waals surface area (Å²) in [4.78, 5) is 11.9. The summed E-state index contributed by atoms with van der Waals surface area (Å²) in [7, 11) is 1.62. The average Bonchev–Trinajstić information content (AvgIpc) is 2.36. The number of ether oxygens (including phenoxy) is 1. The topological polar surface area (TPSA) is 58.6 Å². The van der Waals surface area contributed by atoms with Crippen molar-refractivity contribution in [2.24, 2.45) is 5.41 Å². The molecule has 20 heavy (non-hydrogen) atoms. The van der Waals surface area contributed by atoms with Gasteiger partial charge in [-0.15, -0.1) is 0 Å². The second-order valence-electron chi connectivity index (χ2n) is 6.02. The Labute approximate surface area is 121 Å². The molecule has 0 bridgehead atoms. The first-order valence-electron chi connectivity index (χ1n) is 6.90. The molecule has 2 N–H and O–H groups in total. The zero-order valence-corrected chi connectivity index (χ0v) is 12.8. The molecule has 0 aliphatic rings. The number of rotatable bonds is 7. The Kier molecular flexibility index (Phi) is 6.02. The Bertz CT molecular complexity index is 424. The van der Waals surface area contributed by atoms with E-state index in [1.165, 1.54) is 0 Å². The van der Waals surface area contributed by atoms with Crippen LogP contribution in [-0.4, -0.2) is 30.8 Å². The third-order valence-electron chi connectivity index (χ3n) is 3.14. The third-order valence-corrected chi connectivity index (χ3v) is 3.14. The highest BCUT2D eigenvalue weighted by atomic mass is 16.5. The van der Waals surface area contributed by atoms with E-state index in [1.807, 2.05) is 38.1 Å². The molecule has 0 spiro atoms. The maximum atomic E-state index is 11.9.